The summed E-state index contributed by atoms with van der Waals surface area (Å²) in [6.07, 6.45) is 3.92. The Bertz CT molecular complexity index is 1210. The lowest BCUT2D eigenvalue weighted by Crippen LogP contribution is -2.19. The van der Waals surface area contributed by atoms with Gasteiger partial charge in [0.1, 0.15) is 12.4 Å². The Morgan fingerprint density at radius 2 is 1.80 bits per heavy atom. The van der Waals surface area contributed by atoms with E-state index >= 15 is 0 Å². The maximum Gasteiger partial charge on any atom is 0.244 e. The Balaban J connectivity index is 1.75. The van der Waals surface area contributed by atoms with Gasteiger partial charge in [-0.3, -0.25) is 4.79 Å². The number of allylic oxidation sites excluding steroid dienone is 1. The van der Waals surface area contributed by atoms with Crippen molar-refractivity contribution in [3.8, 4) is 11.5 Å². The van der Waals surface area contributed by atoms with E-state index in [0.717, 1.165) is 11.1 Å². The zero-order valence-corrected chi connectivity index (χ0v) is 20.7. The van der Waals surface area contributed by atoms with Gasteiger partial charge in [-0.2, -0.15) is 5.10 Å². The van der Waals surface area contributed by atoms with E-state index in [1.54, 1.807) is 36.4 Å². The van der Waals surface area contributed by atoms with E-state index in [1.165, 1.54) is 18.3 Å². The highest BCUT2D eigenvalue weighted by Gasteiger charge is 2.14. The molecule has 0 radical (unpaired) electrons. The van der Waals surface area contributed by atoms with Crippen molar-refractivity contribution >= 4 is 35.3 Å². The van der Waals surface area contributed by atoms with Gasteiger partial charge in [0.25, 0.3) is 0 Å². The van der Waals surface area contributed by atoms with Gasteiger partial charge < -0.3 is 9.47 Å². The molecule has 0 unspecified atom stereocenters. The molecule has 3 rings (SSSR count). The first-order valence-corrected chi connectivity index (χ1v) is 11.7. The van der Waals surface area contributed by atoms with Gasteiger partial charge in [-0.25, -0.2) is 9.82 Å². The molecule has 8 heteroatoms. The summed E-state index contributed by atoms with van der Waals surface area (Å²) in [4.78, 5) is 12.2. The third kappa shape index (κ3) is 7.84. The topological polar surface area (TPSA) is 59.9 Å². The minimum atomic E-state index is -0.350. The number of nitrogens with one attached hydrogen (secondary N) is 1. The Morgan fingerprint density at radius 3 is 2.49 bits per heavy atom. The second-order valence-corrected chi connectivity index (χ2v) is 8.38. The minimum absolute atomic E-state index is 0.0883. The zero-order valence-electron chi connectivity index (χ0n) is 19.2. The lowest BCUT2D eigenvalue weighted by molar-refractivity contribution is -0.120. The normalized spacial score (nSPS) is 10.9. The molecule has 0 heterocycles. The highest BCUT2D eigenvalue weighted by molar-refractivity contribution is 6.42. The molecular weight excluding hydrogens is 490 g/mol. The number of nitrogens with zero attached hydrogens (tertiary/aromatic N) is 1. The second-order valence-electron chi connectivity index (χ2n) is 7.57. The van der Waals surface area contributed by atoms with E-state index in [-0.39, 0.29) is 24.8 Å². The van der Waals surface area contributed by atoms with Crippen LogP contribution in [0.15, 0.2) is 72.4 Å². The van der Waals surface area contributed by atoms with Crippen molar-refractivity contribution in [2.24, 2.45) is 5.10 Å². The highest BCUT2D eigenvalue weighted by Crippen LogP contribution is 2.34. The van der Waals surface area contributed by atoms with E-state index in [9.17, 15) is 9.18 Å². The van der Waals surface area contributed by atoms with E-state index < -0.39 is 0 Å². The predicted molar refractivity (Wildman–Crippen MR) is 138 cm³/mol. The quantitative estimate of drug-likeness (QED) is 0.179. The van der Waals surface area contributed by atoms with Crippen LogP contribution in [0.2, 0.25) is 10.0 Å². The standard InChI is InChI=1S/C27H25Cl2FN2O3/c1-3-5-21-12-20(16-31-32-26(33)15-18-6-9-22(30)10-7-18)14-25(34-4-2)27(21)35-17-19-8-11-23(28)24(29)13-19/h3,6-14,16H,1,4-5,15,17H2,2H3,(H,32,33)/b31-16+. The molecule has 0 fully saturated rings. The summed E-state index contributed by atoms with van der Waals surface area (Å²) in [7, 11) is 0. The van der Waals surface area contributed by atoms with Crippen molar-refractivity contribution in [3.05, 3.63) is 105 Å². The number of benzene rings is 3. The molecule has 3 aromatic rings. The van der Waals surface area contributed by atoms with Crippen LogP contribution in [0.4, 0.5) is 4.39 Å². The van der Waals surface area contributed by atoms with E-state index in [0.29, 0.717) is 45.7 Å². The number of ether oxygens (including phenoxy) is 2. The largest absolute Gasteiger partial charge is 0.490 e. The summed E-state index contributed by atoms with van der Waals surface area (Å²) in [5.74, 6) is 0.476. The molecule has 0 aliphatic heterocycles. The Hall–Kier alpha value is -3.35. The van der Waals surface area contributed by atoms with Crippen LogP contribution in [0.3, 0.4) is 0 Å². The van der Waals surface area contributed by atoms with Gasteiger partial charge in [0, 0.05) is 5.56 Å². The molecule has 0 bridgehead atoms. The Labute approximate surface area is 214 Å². The molecule has 1 N–H and O–H groups in total. The summed E-state index contributed by atoms with van der Waals surface area (Å²) in [6.45, 7) is 6.42. The molecule has 182 valence electrons. The van der Waals surface area contributed by atoms with Crippen molar-refractivity contribution in [2.75, 3.05) is 6.61 Å². The lowest BCUT2D eigenvalue weighted by atomic mass is 10.1. The molecule has 0 atom stereocenters. The van der Waals surface area contributed by atoms with Crippen LogP contribution in [0.5, 0.6) is 11.5 Å². The van der Waals surface area contributed by atoms with Gasteiger partial charge in [0.2, 0.25) is 5.91 Å². The summed E-state index contributed by atoms with van der Waals surface area (Å²) >= 11 is 12.1. The zero-order chi connectivity index (χ0) is 25.2. The molecule has 0 aliphatic carbocycles. The summed E-state index contributed by atoms with van der Waals surface area (Å²) in [5.41, 5.74) is 5.61. The number of amides is 1. The number of hydrogen-bond acceptors (Lipinski definition) is 4. The molecule has 3 aromatic carbocycles. The minimum Gasteiger partial charge on any atom is -0.490 e. The monoisotopic (exact) mass is 514 g/mol. The predicted octanol–water partition coefficient (Wildman–Crippen LogP) is 6.53. The van der Waals surface area contributed by atoms with Crippen molar-refractivity contribution < 1.29 is 18.7 Å². The van der Waals surface area contributed by atoms with Gasteiger partial charge in [0.05, 0.1) is 29.3 Å². The van der Waals surface area contributed by atoms with Gasteiger partial charge in [-0.05, 0) is 66.4 Å². The highest BCUT2D eigenvalue weighted by atomic mass is 35.5. The van der Waals surface area contributed by atoms with E-state index in [1.807, 2.05) is 19.1 Å². The number of halogens is 3. The smallest absolute Gasteiger partial charge is 0.244 e. The van der Waals surface area contributed by atoms with Gasteiger partial charge in [-0.1, -0.05) is 47.5 Å². The second kappa shape index (κ2) is 12.9. The third-order valence-corrected chi connectivity index (χ3v) is 5.61. The van der Waals surface area contributed by atoms with Crippen LogP contribution in [-0.4, -0.2) is 18.7 Å². The molecule has 0 aromatic heterocycles. The van der Waals surface area contributed by atoms with Gasteiger partial charge >= 0.3 is 0 Å². The maximum atomic E-state index is 13.0. The van der Waals surface area contributed by atoms with E-state index in [2.05, 4.69) is 17.1 Å². The first-order valence-electron chi connectivity index (χ1n) is 10.9. The average Bonchev–Trinajstić information content (AvgIpc) is 2.82. The van der Waals surface area contributed by atoms with Crippen molar-refractivity contribution in [1.29, 1.82) is 0 Å². The molecule has 0 saturated carbocycles. The number of carbonyl (C=O) groups excluding carboxylic acids is 1. The molecule has 0 spiro atoms. The summed E-state index contributed by atoms with van der Waals surface area (Å²) in [5, 5.41) is 4.98. The summed E-state index contributed by atoms with van der Waals surface area (Å²) < 4.78 is 25.0. The van der Waals surface area contributed by atoms with Gasteiger partial charge in [0.15, 0.2) is 11.5 Å². The number of carbonyl (C=O) groups is 1. The van der Waals surface area contributed by atoms with Crippen LogP contribution < -0.4 is 14.9 Å². The summed E-state index contributed by atoms with van der Waals surface area (Å²) in [6, 6.07) is 14.8. The number of hydrogen-bond donors (Lipinski definition) is 1. The van der Waals surface area contributed by atoms with Crippen LogP contribution in [0.25, 0.3) is 0 Å². The molecule has 5 nitrogen and oxygen atoms in total. The molecule has 1 amide bonds. The molecule has 0 aliphatic rings. The fourth-order valence-electron chi connectivity index (χ4n) is 3.28. The average molecular weight is 515 g/mol. The van der Waals surface area contributed by atoms with E-state index in [4.69, 9.17) is 32.7 Å². The fraction of sp³-hybridized carbons (Fsp3) is 0.185. The van der Waals surface area contributed by atoms with Crippen molar-refractivity contribution in [3.63, 3.8) is 0 Å². The van der Waals surface area contributed by atoms with Crippen LogP contribution in [0, 0.1) is 5.82 Å². The number of rotatable bonds is 11. The SMILES string of the molecule is C=CCc1cc(/C=N/NC(=O)Cc2ccc(F)cc2)cc(OCC)c1OCc1ccc(Cl)c(Cl)c1. The maximum absolute atomic E-state index is 13.0. The molecular formula is C27H25Cl2FN2O3. The van der Waals surface area contributed by atoms with Crippen LogP contribution >= 0.6 is 23.2 Å². The third-order valence-electron chi connectivity index (χ3n) is 4.87. The Morgan fingerprint density at radius 1 is 1.06 bits per heavy atom. The van der Waals surface area contributed by atoms with Gasteiger partial charge in [-0.15, -0.1) is 6.58 Å². The van der Waals surface area contributed by atoms with Crippen LogP contribution in [0.1, 0.15) is 29.2 Å². The van der Waals surface area contributed by atoms with Crippen molar-refractivity contribution in [2.45, 2.75) is 26.4 Å². The first-order chi connectivity index (χ1) is 16.9. The van der Waals surface area contributed by atoms with Crippen LogP contribution in [-0.2, 0) is 24.2 Å². The first kappa shape index (κ1) is 26.3. The molecule has 35 heavy (non-hydrogen) atoms. The Kier molecular flexibility index (Phi) is 9.70. The van der Waals surface area contributed by atoms with Crippen molar-refractivity contribution in [1.82, 2.24) is 5.43 Å². The molecule has 0 saturated heterocycles. The fourth-order valence-corrected chi connectivity index (χ4v) is 3.60. The number of hydrazone groups is 1. The lowest BCUT2D eigenvalue weighted by Gasteiger charge is -2.17.